The highest BCUT2D eigenvalue weighted by atomic mass is 32.3. The van der Waals surface area contributed by atoms with E-state index >= 15 is 0 Å². The highest BCUT2D eigenvalue weighted by molar-refractivity contribution is 7.89. The third kappa shape index (κ3) is 2.67. The van der Waals surface area contributed by atoms with E-state index in [1.54, 1.807) is 18.2 Å². The number of nitrogens with one attached hydrogen (secondary N) is 1. The van der Waals surface area contributed by atoms with Crippen molar-refractivity contribution in [3.05, 3.63) is 54.1 Å². The fraction of sp³-hybridized carbons (Fsp3) is 0.263. The third-order valence-corrected chi connectivity index (χ3v) is 7.74. The van der Waals surface area contributed by atoms with Crippen LogP contribution < -0.4 is 14.2 Å². The molecule has 2 aliphatic rings. The SMILES string of the molecule is O=S(=O)(Oc1ccc2c(c1)OC1CNCCC21)c1cc2ccccc2s1. The van der Waals surface area contributed by atoms with Gasteiger partial charge in [-0.2, -0.15) is 8.42 Å². The molecule has 2 atom stereocenters. The lowest BCUT2D eigenvalue weighted by molar-refractivity contribution is 0.176. The number of hydrogen-bond donors (Lipinski definition) is 1. The average Bonchev–Trinajstić information content (AvgIpc) is 3.22. The molecule has 0 aliphatic carbocycles. The number of rotatable bonds is 3. The second-order valence-corrected chi connectivity index (χ2v) is 9.45. The average molecular weight is 387 g/mol. The maximum absolute atomic E-state index is 12.7. The minimum absolute atomic E-state index is 0.119. The number of benzene rings is 2. The Morgan fingerprint density at radius 2 is 2.04 bits per heavy atom. The summed E-state index contributed by atoms with van der Waals surface area (Å²) < 4.78 is 37.8. The molecule has 0 spiro atoms. The highest BCUT2D eigenvalue weighted by Crippen LogP contribution is 2.43. The summed E-state index contributed by atoms with van der Waals surface area (Å²) in [5, 5.41) is 4.22. The molecule has 7 heteroatoms. The van der Waals surface area contributed by atoms with Crippen LogP contribution in [-0.4, -0.2) is 27.6 Å². The van der Waals surface area contributed by atoms with Crippen LogP contribution in [0.2, 0.25) is 0 Å². The van der Waals surface area contributed by atoms with Gasteiger partial charge in [0.2, 0.25) is 0 Å². The molecular formula is C19H17NO4S2. The van der Waals surface area contributed by atoms with Crippen molar-refractivity contribution in [2.24, 2.45) is 0 Å². The van der Waals surface area contributed by atoms with Gasteiger partial charge in [-0.25, -0.2) is 0 Å². The zero-order chi connectivity index (χ0) is 17.7. The summed E-state index contributed by atoms with van der Waals surface area (Å²) in [6.07, 6.45) is 1.14. The van der Waals surface area contributed by atoms with Crippen molar-refractivity contribution in [3.8, 4) is 11.5 Å². The maximum atomic E-state index is 12.7. The van der Waals surface area contributed by atoms with E-state index < -0.39 is 10.1 Å². The summed E-state index contributed by atoms with van der Waals surface area (Å²) in [6, 6.07) is 14.6. The molecule has 0 radical (unpaired) electrons. The fourth-order valence-corrected chi connectivity index (χ4v) is 5.98. The number of thiophene rings is 1. The number of fused-ring (bicyclic) bond motifs is 4. The quantitative estimate of drug-likeness (QED) is 0.697. The third-order valence-electron chi connectivity index (χ3n) is 4.94. The zero-order valence-corrected chi connectivity index (χ0v) is 15.5. The maximum Gasteiger partial charge on any atom is 0.348 e. The Hall–Kier alpha value is -2.09. The summed E-state index contributed by atoms with van der Waals surface area (Å²) >= 11 is 1.21. The fourth-order valence-electron chi connectivity index (χ4n) is 3.70. The second-order valence-electron chi connectivity index (χ2n) is 6.60. The Bertz CT molecular complexity index is 1060. The lowest BCUT2D eigenvalue weighted by Gasteiger charge is -2.24. The van der Waals surface area contributed by atoms with E-state index in [4.69, 9.17) is 8.92 Å². The van der Waals surface area contributed by atoms with E-state index in [1.807, 2.05) is 30.3 Å². The van der Waals surface area contributed by atoms with E-state index in [-0.39, 0.29) is 16.1 Å². The van der Waals surface area contributed by atoms with Crippen molar-refractivity contribution in [3.63, 3.8) is 0 Å². The van der Waals surface area contributed by atoms with Crippen LogP contribution in [0.5, 0.6) is 11.5 Å². The molecule has 1 aromatic heterocycles. The summed E-state index contributed by atoms with van der Waals surface area (Å²) in [7, 11) is -3.87. The largest absolute Gasteiger partial charge is 0.488 e. The first-order valence-electron chi connectivity index (χ1n) is 8.54. The zero-order valence-electron chi connectivity index (χ0n) is 13.8. The van der Waals surface area contributed by atoms with Gasteiger partial charge in [-0.3, -0.25) is 0 Å². The molecule has 134 valence electrons. The molecule has 0 bridgehead atoms. The van der Waals surface area contributed by atoms with Crippen molar-refractivity contribution >= 4 is 31.5 Å². The topological polar surface area (TPSA) is 64.6 Å². The Morgan fingerprint density at radius 1 is 1.15 bits per heavy atom. The van der Waals surface area contributed by atoms with Crippen molar-refractivity contribution in [1.82, 2.24) is 5.32 Å². The van der Waals surface area contributed by atoms with Crippen LogP contribution in [0.15, 0.2) is 52.7 Å². The molecule has 26 heavy (non-hydrogen) atoms. The lowest BCUT2D eigenvalue weighted by Crippen LogP contribution is -2.39. The molecule has 1 fully saturated rings. The first-order valence-corrected chi connectivity index (χ1v) is 10.8. The van der Waals surface area contributed by atoms with Crippen LogP contribution in [-0.2, 0) is 10.1 Å². The first-order chi connectivity index (χ1) is 12.6. The van der Waals surface area contributed by atoms with Crippen molar-refractivity contribution < 1.29 is 17.3 Å². The molecule has 0 saturated carbocycles. The minimum atomic E-state index is -3.87. The van der Waals surface area contributed by atoms with Crippen molar-refractivity contribution in [2.45, 2.75) is 22.7 Å². The van der Waals surface area contributed by atoms with E-state index in [1.165, 1.54) is 11.3 Å². The van der Waals surface area contributed by atoms with Gasteiger partial charge in [0.05, 0.1) is 0 Å². The predicted molar refractivity (Wildman–Crippen MR) is 101 cm³/mol. The predicted octanol–water partition coefficient (Wildman–Crippen LogP) is 3.51. The number of ether oxygens (including phenoxy) is 1. The molecule has 3 aromatic rings. The molecule has 5 nitrogen and oxygen atoms in total. The Morgan fingerprint density at radius 3 is 2.92 bits per heavy atom. The van der Waals surface area contributed by atoms with Crippen LogP contribution in [0.4, 0.5) is 0 Å². The molecule has 3 heterocycles. The van der Waals surface area contributed by atoms with Gasteiger partial charge >= 0.3 is 10.1 Å². The Kier molecular flexibility index (Phi) is 3.70. The standard InChI is InChI=1S/C19H17NO4S2/c21-26(22,19-9-12-3-1-2-4-18(12)25-19)24-13-5-6-14-15-7-8-20-11-17(15)23-16(14)10-13/h1-6,9-10,15,17,20H,7-8,11H2. The van der Waals surface area contributed by atoms with Crippen molar-refractivity contribution in [1.29, 1.82) is 0 Å². The molecule has 1 N–H and O–H groups in total. The van der Waals surface area contributed by atoms with Gasteiger partial charge in [0, 0.05) is 28.8 Å². The number of hydrogen-bond acceptors (Lipinski definition) is 6. The van der Waals surface area contributed by atoms with Gasteiger partial charge in [-0.05, 0) is 36.6 Å². The van der Waals surface area contributed by atoms with Crippen LogP contribution >= 0.6 is 11.3 Å². The van der Waals surface area contributed by atoms with Gasteiger partial charge < -0.3 is 14.2 Å². The lowest BCUT2D eigenvalue weighted by atomic mass is 9.90. The van der Waals surface area contributed by atoms with Crippen LogP contribution in [0, 0.1) is 0 Å². The van der Waals surface area contributed by atoms with Gasteiger partial charge in [0.15, 0.2) is 4.21 Å². The van der Waals surface area contributed by atoms with Gasteiger partial charge in [0.1, 0.15) is 17.6 Å². The summed E-state index contributed by atoms with van der Waals surface area (Å²) in [5.41, 5.74) is 1.14. The monoisotopic (exact) mass is 387 g/mol. The minimum Gasteiger partial charge on any atom is -0.488 e. The molecule has 1 saturated heterocycles. The van der Waals surface area contributed by atoms with Gasteiger partial charge in [0.25, 0.3) is 0 Å². The molecule has 2 unspecified atom stereocenters. The Labute approximate surface area is 155 Å². The van der Waals surface area contributed by atoms with E-state index in [9.17, 15) is 8.42 Å². The normalized spacial score (nSPS) is 21.8. The Balaban J connectivity index is 1.44. The molecule has 2 aromatic carbocycles. The molecular weight excluding hydrogens is 370 g/mol. The molecule has 5 rings (SSSR count). The summed E-state index contributed by atoms with van der Waals surface area (Å²) in [4.78, 5) is 0. The van der Waals surface area contributed by atoms with Gasteiger partial charge in [-0.1, -0.05) is 24.3 Å². The highest BCUT2D eigenvalue weighted by Gasteiger charge is 2.36. The smallest absolute Gasteiger partial charge is 0.348 e. The summed E-state index contributed by atoms with van der Waals surface area (Å²) in [6.45, 7) is 1.79. The second kappa shape index (κ2) is 5.97. The molecule has 0 amide bonds. The van der Waals surface area contributed by atoms with Gasteiger partial charge in [-0.15, -0.1) is 11.3 Å². The van der Waals surface area contributed by atoms with Crippen LogP contribution in [0.1, 0.15) is 17.9 Å². The van der Waals surface area contributed by atoms with E-state index in [2.05, 4.69) is 5.32 Å². The number of piperidine rings is 1. The first kappa shape index (κ1) is 16.1. The van der Waals surface area contributed by atoms with Crippen molar-refractivity contribution in [2.75, 3.05) is 13.1 Å². The van der Waals surface area contributed by atoms with Crippen LogP contribution in [0.25, 0.3) is 10.1 Å². The molecule has 2 aliphatic heterocycles. The van der Waals surface area contributed by atoms with E-state index in [0.29, 0.717) is 5.92 Å². The van der Waals surface area contributed by atoms with E-state index in [0.717, 1.165) is 40.9 Å². The van der Waals surface area contributed by atoms with Crippen LogP contribution in [0.3, 0.4) is 0 Å². The summed E-state index contributed by atoms with van der Waals surface area (Å²) in [5.74, 6) is 1.39.